The zero-order valence-electron chi connectivity index (χ0n) is 32.4. The molecule has 3 aliphatic rings. The number of hydrogen-bond donors (Lipinski definition) is 3. The number of nitrogens with one attached hydrogen (secondary N) is 2. The van der Waals surface area contributed by atoms with Crippen LogP contribution >= 0.6 is 0 Å². The molecule has 0 unspecified atom stereocenters. The minimum Gasteiger partial charge on any atom is -0.453 e. The van der Waals surface area contributed by atoms with Crippen LogP contribution in [-0.4, -0.2) is 64.2 Å². The van der Waals surface area contributed by atoms with Crippen molar-refractivity contribution in [3.63, 3.8) is 0 Å². The van der Waals surface area contributed by atoms with Gasteiger partial charge in [-0.2, -0.15) is 0 Å². The summed E-state index contributed by atoms with van der Waals surface area (Å²) < 4.78 is 18.5. The predicted molar refractivity (Wildman–Crippen MR) is 207 cm³/mol. The lowest BCUT2D eigenvalue weighted by Gasteiger charge is -2.50. The van der Waals surface area contributed by atoms with Crippen molar-refractivity contribution in [1.82, 2.24) is 15.5 Å². The second-order valence-corrected chi connectivity index (χ2v) is 16.3. The van der Waals surface area contributed by atoms with E-state index < -0.39 is 18.4 Å². The van der Waals surface area contributed by atoms with Crippen molar-refractivity contribution in [2.75, 3.05) is 6.54 Å². The van der Waals surface area contributed by atoms with E-state index in [4.69, 9.17) is 14.2 Å². The number of aliphatic hydroxyl groups excluding tert-OH is 1. The lowest BCUT2D eigenvalue weighted by molar-refractivity contribution is -0.255. The van der Waals surface area contributed by atoms with Crippen LogP contribution in [-0.2, 0) is 41.7 Å². The molecular weight excluding hydrogens is 682 g/mol. The van der Waals surface area contributed by atoms with Crippen molar-refractivity contribution in [3.8, 4) is 11.1 Å². The Labute approximate surface area is 319 Å². The fourth-order valence-corrected chi connectivity index (χ4v) is 8.32. The van der Waals surface area contributed by atoms with E-state index in [1.54, 1.807) is 6.92 Å². The normalized spacial score (nSPS) is 25.2. The van der Waals surface area contributed by atoms with Gasteiger partial charge in [-0.25, -0.2) is 0 Å². The Kier molecular flexibility index (Phi) is 12.9. The van der Waals surface area contributed by atoms with Gasteiger partial charge in [0, 0.05) is 43.6 Å². The third kappa shape index (κ3) is 10.2. The summed E-state index contributed by atoms with van der Waals surface area (Å²) in [4.78, 5) is 39.9. The zero-order chi connectivity index (χ0) is 38.4. The van der Waals surface area contributed by atoms with Gasteiger partial charge in [-0.05, 0) is 93.2 Å². The van der Waals surface area contributed by atoms with E-state index in [0.717, 1.165) is 52.6 Å². The first-order valence-corrected chi connectivity index (χ1v) is 19.6. The van der Waals surface area contributed by atoms with Crippen LogP contribution in [0.3, 0.4) is 0 Å². The minimum absolute atomic E-state index is 0.0190. The zero-order valence-corrected chi connectivity index (χ0v) is 32.4. The topological polar surface area (TPSA) is 126 Å². The predicted octanol–water partition coefficient (Wildman–Crippen LogP) is 6.90. The van der Waals surface area contributed by atoms with Crippen molar-refractivity contribution < 1.29 is 33.7 Å². The number of carbonyl (C=O) groups excluding carboxylic acids is 3. The van der Waals surface area contributed by atoms with Crippen molar-refractivity contribution in [3.05, 3.63) is 95.1 Å². The Balaban J connectivity index is 1.21. The number of ether oxygens (including phenoxy) is 3. The first-order chi connectivity index (χ1) is 25.9. The van der Waals surface area contributed by atoms with Crippen molar-refractivity contribution >= 4 is 17.8 Å². The largest absolute Gasteiger partial charge is 0.453 e. The fourth-order valence-electron chi connectivity index (χ4n) is 8.32. The summed E-state index contributed by atoms with van der Waals surface area (Å²) in [5.74, 6) is -0.147. The second-order valence-electron chi connectivity index (χ2n) is 16.3. The van der Waals surface area contributed by atoms with Gasteiger partial charge in [-0.15, -0.1) is 0 Å². The van der Waals surface area contributed by atoms with E-state index in [1.165, 1.54) is 26.2 Å². The summed E-state index contributed by atoms with van der Waals surface area (Å²) in [6.45, 7) is 9.89. The van der Waals surface area contributed by atoms with Crippen LogP contribution in [0.4, 0.5) is 0 Å². The van der Waals surface area contributed by atoms with Gasteiger partial charge in [-0.1, -0.05) is 79.6 Å². The Hall–Kier alpha value is -4.09. The molecule has 2 aliphatic heterocycles. The molecule has 10 heteroatoms. The van der Waals surface area contributed by atoms with Gasteiger partial charge in [0.05, 0.1) is 24.9 Å². The van der Waals surface area contributed by atoms with Crippen LogP contribution < -0.4 is 10.6 Å². The SMILES string of the molecule is CC(=O)O[C@@H](C)C(=O)NCc1cccc(-c2ccc([C@H]3O[C@@H](CN4[C@@H](C(=O)NC(C)(C)C)CC[C@H]5CCCC[C@H]54)C[C@@H](c4ccc(CO)cc4)O3)cc2)c1. The molecule has 1 saturated carbocycles. The molecule has 0 radical (unpaired) electrons. The first kappa shape index (κ1) is 39.6. The number of carbonyl (C=O) groups is 3. The van der Waals surface area contributed by atoms with Crippen molar-refractivity contribution in [2.24, 2.45) is 5.92 Å². The molecule has 0 bridgehead atoms. The summed E-state index contributed by atoms with van der Waals surface area (Å²) in [6.07, 6.45) is 5.45. The van der Waals surface area contributed by atoms with E-state index >= 15 is 0 Å². The average molecular weight is 740 g/mol. The van der Waals surface area contributed by atoms with Gasteiger partial charge in [0.25, 0.3) is 5.91 Å². The van der Waals surface area contributed by atoms with E-state index in [2.05, 4.69) is 27.7 Å². The van der Waals surface area contributed by atoms with Crippen LogP contribution in [0.1, 0.15) is 114 Å². The number of fused-ring (bicyclic) bond motifs is 1. The van der Waals surface area contributed by atoms with Gasteiger partial charge in [-0.3, -0.25) is 19.3 Å². The van der Waals surface area contributed by atoms with Crippen LogP contribution in [0.25, 0.3) is 11.1 Å². The highest BCUT2D eigenvalue weighted by atomic mass is 16.7. The Morgan fingerprint density at radius 3 is 2.31 bits per heavy atom. The highest BCUT2D eigenvalue weighted by molar-refractivity contribution is 5.83. The summed E-state index contributed by atoms with van der Waals surface area (Å²) >= 11 is 0. The van der Waals surface area contributed by atoms with Gasteiger partial charge in [0.15, 0.2) is 12.4 Å². The van der Waals surface area contributed by atoms with E-state index in [-0.39, 0.29) is 42.2 Å². The van der Waals surface area contributed by atoms with E-state index in [9.17, 15) is 19.5 Å². The molecule has 3 aromatic carbocycles. The molecule has 2 saturated heterocycles. The molecule has 2 amide bonds. The number of esters is 1. The molecule has 54 heavy (non-hydrogen) atoms. The number of benzene rings is 3. The van der Waals surface area contributed by atoms with Crippen molar-refractivity contribution in [2.45, 2.75) is 135 Å². The van der Waals surface area contributed by atoms with Crippen LogP contribution in [0, 0.1) is 5.92 Å². The molecule has 10 nitrogen and oxygen atoms in total. The van der Waals surface area contributed by atoms with Gasteiger partial charge >= 0.3 is 5.97 Å². The number of piperidine rings is 1. The summed E-state index contributed by atoms with van der Waals surface area (Å²) in [6, 6.07) is 24.3. The Bertz CT molecular complexity index is 1740. The number of nitrogens with zero attached hydrogens (tertiary/aromatic N) is 1. The smallest absolute Gasteiger partial charge is 0.303 e. The quantitative estimate of drug-likeness (QED) is 0.182. The standard InChI is InChI=1S/C44H57N3O7/c1-28(52-29(2)49)41(50)45-25-31-9-8-11-36(23-31)32-17-19-35(20-18-32)43-53-37(24-40(54-43)34-15-13-30(27-48)14-16-34)26-47-38-12-7-6-10-33(38)21-22-39(47)42(51)46-44(3,4)5/h8-9,11,13-20,23,28,33,37-40,43,48H,6-7,10,12,21-22,24-27H2,1-5H3,(H,45,50)(H,46,51)/t28-,33+,37+,38+,39+,40-,43-/m0/s1. The molecule has 3 aromatic rings. The first-order valence-electron chi connectivity index (χ1n) is 19.6. The third-order valence-corrected chi connectivity index (χ3v) is 11.0. The molecule has 290 valence electrons. The maximum Gasteiger partial charge on any atom is 0.303 e. The third-order valence-electron chi connectivity index (χ3n) is 11.0. The Morgan fingerprint density at radius 1 is 0.889 bits per heavy atom. The van der Waals surface area contributed by atoms with Crippen LogP contribution in [0.2, 0.25) is 0 Å². The fraction of sp³-hybridized carbons (Fsp3) is 0.523. The Morgan fingerprint density at radius 2 is 1.61 bits per heavy atom. The maximum absolute atomic E-state index is 13.8. The van der Waals surface area contributed by atoms with Gasteiger partial charge in [0.2, 0.25) is 5.91 Å². The summed E-state index contributed by atoms with van der Waals surface area (Å²) in [5.41, 5.74) is 5.40. The number of likely N-dealkylation sites (tertiary alicyclic amines) is 1. The van der Waals surface area contributed by atoms with Gasteiger partial charge in [0.1, 0.15) is 0 Å². The van der Waals surface area contributed by atoms with Crippen LogP contribution in [0.15, 0.2) is 72.8 Å². The monoisotopic (exact) mass is 739 g/mol. The molecule has 0 aromatic heterocycles. The summed E-state index contributed by atoms with van der Waals surface area (Å²) in [7, 11) is 0. The van der Waals surface area contributed by atoms with Gasteiger partial charge < -0.3 is 30.0 Å². The number of hydrogen-bond acceptors (Lipinski definition) is 8. The molecule has 1 aliphatic carbocycles. The molecule has 2 heterocycles. The minimum atomic E-state index is -0.861. The molecule has 3 N–H and O–H groups in total. The van der Waals surface area contributed by atoms with Crippen molar-refractivity contribution in [1.29, 1.82) is 0 Å². The number of rotatable bonds is 11. The average Bonchev–Trinajstić information content (AvgIpc) is 3.16. The lowest BCUT2D eigenvalue weighted by atomic mass is 9.75. The maximum atomic E-state index is 13.8. The molecule has 7 atom stereocenters. The molecule has 0 spiro atoms. The number of amides is 2. The molecule has 3 fully saturated rings. The second kappa shape index (κ2) is 17.6. The lowest BCUT2D eigenvalue weighted by Crippen LogP contribution is -2.61. The van der Waals surface area contributed by atoms with E-state index in [0.29, 0.717) is 31.5 Å². The highest BCUT2D eigenvalue weighted by Gasteiger charge is 2.44. The molecule has 6 rings (SSSR count). The summed E-state index contributed by atoms with van der Waals surface area (Å²) in [5, 5.41) is 15.8. The highest BCUT2D eigenvalue weighted by Crippen LogP contribution is 2.42. The number of aliphatic hydroxyl groups is 1. The molecular formula is C44H57N3O7. The van der Waals surface area contributed by atoms with E-state index in [1.807, 2.05) is 81.4 Å². The van der Waals surface area contributed by atoms with Crippen LogP contribution in [0.5, 0.6) is 0 Å².